The molecule has 0 N–H and O–H groups in total. The molecule has 0 fully saturated rings. The van der Waals surface area contributed by atoms with Crippen molar-refractivity contribution in [3.63, 3.8) is 0 Å². The number of hydrogen-bond acceptors (Lipinski definition) is 2. The minimum Gasteiger partial charge on any atom is -0.244 e. The van der Waals surface area contributed by atoms with E-state index in [-0.39, 0.29) is 4.90 Å². The molecule has 0 unspecified atom stereocenters. The van der Waals surface area contributed by atoms with E-state index in [0.29, 0.717) is 5.15 Å². The first-order valence-corrected chi connectivity index (χ1v) is 6.01. The summed E-state index contributed by atoms with van der Waals surface area (Å²) in [5, 5.41) is 0.329. The van der Waals surface area contributed by atoms with Crippen LogP contribution in [0.1, 0.15) is 5.56 Å². The molecular formula is C12H8ClF2NS. The van der Waals surface area contributed by atoms with Crippen LogP contribution in [0.15, 0.2) is 40.3 Å². The van der Waals surface area contributed by atoms with E-state index in [1.165, 1.54) is 0 Å². The van der Waals surface area contributed by atoms with Gasteiger partial charge in [0.1, 0.15) is 16.8 Å². The van der Waals surface area contributed by atoms with E-state index in [4.69, 9.17) is 11.6 Å². The van der Waals surface area contributed by atoms with E-state index in [1.807, 2.05) is 6.92 Å². The average Bonchev–Trinajstić information content (AvgIpc) is 2.28. The molecule has 17 heavy (non-hydrogen) atoms. The highest BCUT2D eigenvalue weighted by Crippen LogP contribution is 2.33. The monoisotopic (exact) mass is 271 g/mol. The summed E-state index contributed by atoms with van der Waals surface area (Å²) in [6.07, 6.45) is 1.60. The van der Waals surface area contributed by atoms with E-state index >= 15 is 0 Å². The molecule has 0 atom stereocenters. The standard InChI is InChI=1S/C12H8ClF2NS/c1-7-6-16-12(13)5-10(7)17-11-4-8(14)2-3-9(11)15/h2-6H,1H3. The third-order valence-electron chi connectivity index (χ3n) is 2.13. The second kappa shape index (κ2) is 5.02. The highest BCUT2D eigenvalue weighted by molar-refractivity contribution is 7.99. The summed E-state index contributed by atoms with van der Waals surface area (Å²) in [6, 6.07) is 4.99. The Kier molecular flexibility index (Phi) is 3.64. The van der Waals surface area contributed by atoms with Crippen molar-refractivity contribution in [1.29, 1.82) is 0 Å². The third kappa shape index (κ3) is 2.96. The molecule has 88 valence electrons. The van der Waals surface area contributed by atoms with Gasteiger partial charge >= 0.3 is 0 Å². The van der Waals surface area contributed by atoms with E-state index in [1.54, 1.807) is 12.3 Å². The fourth-order valence-corrected chi connectivity index (χ4v) is 2.45. The molecule has 0 bridgehead atoms. The van der Waals surface area contributed by atoms with E-state index in [0.717, 1.165) is 40.4 Å². The number of rotatable bonds is 2. The molecule has 1 aromatic carbocycles. The molecule has 0 amide bonds. The van der Waals surface area contributed by atoms with Gasteiger partial charge in [0.15, 0.2) is 0 Å². The molecule has 0 saturated heterocycles. The Morgan fingerprint density at radius 2 is 1.94 bits per heavy atom. The fraction of sp³-hybridized carbons (Fsp3) is 0.0833. The molecule has 5 heteroatoms. The van der Waals surface area contributed by atoms with Crippen LogP contribution in [0.25, 0.3) is 0 Å². The molecule has 2 aromatic rings. The van der Waals surface area contributed by atoms with Gasteiger partial charge in [-0.15, -0.1) is 0 Å². The van der Waals surface area contributed by atoms with Gasteiger partial charge in [-0.3, -0.25) is 0 Å². The van der Waals surface area contributed by atoms with Crippen LogP contribution in [0.5, 0.6) is 0 Å². The summed E-state index contributed by atoms with van der Waals surface area (Å²) in [6.45, 7) is 1.84. The molecule has 2 rings (SSSR count). The molecule has 0 aliphatic carbocycles. The number of aromatic nitrogens is 1. The lowest BCUT2D eigenvalue weighted by molar-refractivity contribution is 0.577. The molecule has 0 aliphatic heterocycles. The molecule has 0 radical (unpaired) electrons. The molecule has 0 aliphatic rings. The second-order valence-corrected chi connectivity index (χ2v) is 4.92. The summed E-state index contributed by atoms with van der Waals surface area (Å²) in [5.41, 5.74) is 0.864. The van der Waals surface area contributed by atoms with Gasteiger partial charge in [-0.2, -0.15) is 0 Å². The number of hydrogen-bond donors (Lipinski definition) is 0. The summed E-state index contributed by atoms with van der Waals surface area (Å²) < 4.78 is 26.5. The Labute approximate surface area is 107 Å². The quantitative estimate of drug-likeness (QED) is 0.747. The second-order valence-electron chi connectivity index (χ2n) is 3.45. The zero-order chi connectivity index (χ0) is 12.4. The Balaban J connectivity index is 2.37. The maximum absolute atomic E-state index is 13.5. The van der Waals surface area contributed by atoms with Crippen molar-refractivity contribution < 1.29 is 8.78 Å². The highest BCUT2D eigenvalue weighted by atomic mass is 35.5. The van der Waals surface area contributed by atoms with Gasteiger partial charge in [0.25, 0.3) is 0 Å². The summed E-state index contributed by atoms with van der Waals surface area (Å²) in [7, 11) is 0. The molecule has 1 nitrogen and oxygen atoms in total. The summed E-state index contributed by atoms with van der Waals surface area (Å²) >= 11 is 6.89. The van der Waals surface area contributed by atoms with E-state index < -0.39 is 11.6 Å². The third-order valence-corrected chi connectivity index (χ3v) is 3.53. The van der Waals surface area contributed by atoms with Crippen LogP contribution >= 0.6 is 23.4 Å². The first-order chi connectivity index (χ1) is 8.06. The fourth-order valence-electron chi connectivity index (χ4n) is 1.27. The lowest BCUT2D eigenvalue weighted by Crippen LogP contribution is -1.87. The minimum absolute atomic E-state index is 0.232. The van der Waals surface area contributed by atoms with Gasteiger partial charge in [0.05, 0.1) is 4.90 Å². The van der Waals surface area contributed by atoms with E-state index in [9.17, 15) is 8.78 Å². The lowest BCUT2D eigenvalue weighted by atomic mass is 10.3. The van der Waals surface area contributed by atoms with Crippen molar-refractivity contribution in [3.8, 4) is 0 Å². The van der Waals surface area contributed by atoms with Crippen LogP contribution < -0.4 is 0 Å². The summed E-state index contributed by atoms with van der Waals surface area (Å²) in [5.74, 6) is -0.921. The number of benzene rings is 1. The van der Waals surface area contributed by atoms with Gasteiger partial charge < -0.3 is 0 Å². The topological polar surface area (TPSA) is 12.9 Å². The number of nitrogens with zero attached hydrogens (tertiary/aromatic N) is 1. The van der Waals surface area contributed by atoms with Crippen LogP contribution in [0.2, 0.25) is 5.15 Å². The molecule has 0 spiro atoms. The van der Waals surface area contributed by atoms with Crippen molar-refractivity contribution in [2.75, 3.05) is 0 Å². The predicted octanol–water partition coefficient (Wildman–Crippen LogP) is 4.47. The Morgan fingerprint density at radius 3 is 2.71 bits per heavy atom. The molecule has 1 heterocycles. The molecular weight excluding hydrogens is 264 g/mol. The number of aryl methyl sites for hydroxylation is 1. The van der Waals surface area contributed by atoms with Crippen LogP contribution in [0.3, 0.4) is 0 Å². The zero-order valence-electron chi connectivity index (χ0n) is 8.88. The van der Waals surface area contributed by atoms with Crippen molar-refractivity contribution in [3.05, 3.63) is 52.8 Å². The van der Waals surface area contributed by atoms with Gasteiger partial charge in [0, 0.05) is 11.1 Å². The predicted molar refractivity (Wildman–Crippen MR) is 64.5 cm³/mol. The van der Waals surface area contributed by atoms with Gasteiger partial charge in [-0.25, -0.2) is 13.8 Å². The normalized spacial score (nSPS) is 10.6. The van der Waals surface area contributed by atoms with Crippen LogP contribution in [-0.2, 0) is 0 Å². The van der Waals surface area contributed by atoms with Gasteiger partial charge in [-0.1, -0.05) is 23.4 Å². The Morgan fingerprint density at radius 1 is 1.18 bits per heavy atom. The maximum Gasteiger partial charge on any atom is 0.137 e. The largest absolute Gasteiger partial charge is 0.244 e. The zero-order valence-corrected chi connectivity index (χ0v) is 10.4. The molecule has 1 aromatic heterocycles. The Hall–Kier alpha value is -1.13. The summed E-state index contributed by atoms with van der Waals surface area (Å²) in [4.78, 5) is 4.90. The Bertz CT molecular complexity index is 511. The van der Waals surface area contributed by atoms with Gasteiger partial charge in [-0.05, 0) is 36.8 Å². The highest BCUT2D eigenvalue weighted by Gasteiger charge is 2.08. The molecule has 0 saturated carbocycles. The smallest absolute Gasteiger partial charge is 0.137 e. The van der Waals surface area contributed by atoms with Crippen LogP contribution in [0.4, 0.5) is 8.78 Å². The number of halogens is 3. The number of pyridine rings is 1. The van der Waals surface area contributed by atoms with Crippen molar-refractivity contribution in [2.45, 2.75) is 16.7 Å². The SMILES string of the molecule is Cc1cnc(Cl)cc1Sc1cc(F)ccc1F. The maximum atomic E-state index is 13.5. The van der Waals surface area contributed by atoms with Gasteiger partial charge in [0.2, 0.25) is 0 Å². The minimum atomic E-state index is -0.466. The first kappa shape index (κ1) is 12.3. The van der Waals surface area contributed by atoms with E-state index in [2.05, 4.69) is 4.98 Å². The van der Waals surface area contributed by atoms with Crippen LogP contribution in [-0.4, -0.2) is 4.98 Å². The van der Waals surface area contributed by atoms with Crippen molar-refractivity contribution in [2.24, 2.45) is 0 Å². The average molecular weight is 272 g/mol. The lowest BCUT2D eigenvalue weighted by Gasteiger charge is -2.06. The van der Waals surface area contributed by atoms with Crippen LogP contribution in [0, 0.1) is 18.6 Å². The van der Waals surface area contributed by atoms with Crippen molar-refractivity contribution >= 4 is 23.4 Å². The first-order valence-electron chi connectivity index (χ1n) is 4.81. The van der Waals surface area contributed by atoms with Crippen molar-refractivity contribution in [1.82, 2.24) is 4.98 Å².